The molecule has 1 radical (unpaired) electrons. The molecular weight excluding hydrogens is 297 g/mol. The van der Waals surface area contributed by atoms with E-state index in [4.69, 9.17) is 0 Å². The van der Waals surface area contributed by atoms with Crippen LogP contribution in [0.15, 0.2) is 22.8 Å². The molecule has 53 valence electrons. The summed E-state index contributed by atoms with van der Waals surface area (Å²) in [6.45, 7) is 0. The summed E-state index contributed by atoms with van der Waals surface area (Å²) in [6.07, 6.45) is 1.88. The standard InChI is InChI=1S/C5H3BrN.2CH3.Sn/c6-5-2-1-3-7-4-5;;;/h1-2,4H;2*1H3;. The summed E-state index contributed by atoms with van der Waals surface area (Å²) in [5, 5.41) is 0. The van der Waals surface area contributed by atoms with Gasteiger partial charge in [0.25, 0.3) is 0 Å². The van der Waals surface area contributed by atoms with Crippen molar-refractivity contribution in [2.75, 3.05) is 0 Å². The fraction of sp³-hybridized carbons (Fsp3) is 0.286. The molecule has 1 aromatic rings. The molecule has 0 spiro atoms. The number of nitrogens with zero attached hydrogens (tertiary/aromatic N) is 1. The van der Waals surface area contributed by atoms with Gasteiger partial charge >= 0.3 is 77.1 Å². The third-order valence-corrected chi connectivity index (χ3v) is 5.48. The first-order chi connectivity index (χ1) is 4.70. The molecule has 0 fully saturated rings. The Labute approximate surface area is 76.7 Å². The second-order valence-electron chi connectivity index (χ2n) is 2.36. The minimum atomic E-state index is -1.18. The van der Waals surface area contributed by atoms with Crippen LogP contribution in [-0.4, -0.2) is 24.7 Å². The first kappa shape index (κ1) is 8.52. The Kier molecular flexibility index (Phi) is 3.17. The second kappa shape index (κ2) is 3.71. The van der Waals surface area contributed by atoms with Gasteiger partial charge in [0, 0.05) is 0 Å². The molecule has 0 aliphatic carbocycles. The molecule has 0 aromatic carbocycles. The first-order valence-corrected chi connectivity index (χ1v) is 11.0. The predicted octanol–water partition coefficient (Wildman–Crippen LogP) is 1.81. The van der Waals surface area contributed by atoms with Crippen molar-refractivity contribution in [2.24, 2.45) is 0 Å². The summed E-state index contributed by atoms with van der Waals surface area (Å²) in [7, 11) is 0. The predicted molar refractivity (Wildman–Crippen MR) is 49.1 cm³/mol. The van der Waals surface area contributed by atoms with Gasteiger partial charge in [0.1, 0.15) is 0 Å². The van der Waals surface area contributed by atoms with E-state index in [2.05, 4.69) is 42.9 Å². The summed E-state index contributed by atoms with van der Waals surface area (Å²) in [4.78, 5) is 8.98. The van der Waals surface area contributed by atoms with Gasteiger partial charge in [-0.2, -0.15) is 0 Å². The van der Waals surface area contributed by atoms with E-state index in [1.165, 1.54) is 3.71 Å². The maximum absolute atomic E-state index is 4.32. The number of pyridine rings is 1. The summed E-state index contributed by atoms with van der Waals surface area (Å²) in [6, 6.07) is 4.19. The Morgan fingerprint density at radius 3 is 2.50 bits per heavy atom. The molecular formula is C7H9BrNSn. The van der Waals surface area contributed by atoms with Crippen LogP contribution in [0.3, 0.4) is 0 Å². The van der Waals surface area contributed by atoms with Crippen LogP contribution in [0.5, 0.6) is 0 Å². The zero-order chi connectivity index (χ0) is 7.56. The first-order valence-electron chi connectivity index (χ1n) is 3.12. The molecule has 1 rings (SSSR count). The van der Waals surface area contributed by atoms with Crippen LogP contribution < -0.4 is 3.71 Å². The molecule has 3 heteroatoms. The molecule has 1 heterocycles. The Morgan fingerprint density at radius 1 is 1.40 bits per heavy atom. The topological polar surface area (TPSA) is 12.9 Å². The normalized spacial score (nSPS) is 10.4. The summed E-state index contributed by atoms with van der Waals surface area (Å²) in [5.41, 5.74) is 0. The van der Waals surface area contributed by atoms with E-state index in [1.54, 1.807) is 0 Å². The molecule has 0 unspecified atom stereocenters. The Bertz CT molecular complexity index is 207. The van der Waals surface area contributed by atoms with E-state index in [0.717, 1.165) is 4.47 Å². The van der Waals surface area contributed by atoms with Crippen molar-refractivity contribution in [3.63, 3.8) is 0 Å². The van der Waals surface area contributed by atoms with Gasteiger partial charge in [-0.1, -0.05) is 0 Å². The molecule has 0 aliphatic rings. The SMILES string of the molecule is [CH3][Sn]([CH3])[c]1ccc(Br)cn1. The molecule has 1 nitrogen and oxygen atoms in total. The molecule has 0 saturated carbocycles. The van der Waals surface area contributed by atoms with Crippen molar-refractivity contribution in [1.29, 1.82) is 0 Å². The van der Waals surface area contributed by atoms with Crippen molar-refractivity contribution in [2.45, 2.75) is 9.88 Å². The Hall–Kier alpha value is 0.429. The summed E-state index contributed by atoms with van der Waals surface area (Å²) in [5.74, 6) is 0. The van der Waals surface area contributed by atoms with Crippen LogP contribution in [0.4, 0.5) is 0 Å². The Balaban J connectivity index is 2.89. The molecule has 10 heavy (non-hydrogen) atoms. The molecule has 0 saturated heterocycles. The van der Waals surface area contributed by atoms with Gasteiger partial charge in [-0.05, 0) is 0 Å². The second-order valence-corrected chi connectivity index (χ2v) is 10.4. The van der Waals surface area contributed by atoms with Crippen LogP contribution in [0.1, 0.15) is 0 Å². The molecule has 0 bridgehead atoms. The van der Waals surface area contributed by atoms with Crippen molar-refractivity contribution in [3.8, 4) is 0 Å². The third-order valence-electron chi connectivity index (χ3n) is 1.24. The zero-order valence-corrected chi connectivity index (χ0v) is 10.5. The molecule has 0 amide bonds. The van der Waals surface area contributed by atoms with Crippen LogP contribution in [-0.2, 0) is 0 Å². The number of hydrogen-bond acceptors (Lipinski definition) is 1. The van der Waals surface area contributed by atoms with Crippen LogP contribution in [0.25, 0.3) is 0 Å². The van der Waals surface area contributed by atoms with Gasteiger partial charge < -0.3 is 0 Å². The van der Waals surface area contributed by atoms with Crippen molar-refractivity contribution in [3.05, 3.63) is 22.8 Å². The van der Waals surface area contributed by atoms with Crippen molar-refractivity contribution >= 4 is 39.4 Å². The molecule has 0 aliphatic heterocycles. The average Bonchev–Trinajstić information content (AvgIpc) is 1.88. The van der Waals surface area contributed by atoms with Gasteiger partial charge in [-0.25, -0.2) is 0 Å². The van der Waals surface area contributed by atoms with Gasteiger partial charge in [0.05, 0.1) is 0 Å². The van der Waals surface area contributed by atoms with E-state index in [-0.39, 0.29) is 0 Å². The number of aromatic nitrogens is 1. The summed E-state index contributed by atoms with van der Waals surface area (Å²) < 4.78 is 2.41. The van der Waals surface area contributed by atoms with Gasteiger partial charge in [-0.3, -0.25) is 0 Å². The molecule has 0 atom stereocenters. The van der Waals surface area contributed by atoms with E-state index in [0.29, 0.717) is 0 Å². The van der Waals surface area contributed by atoms with Gasteiger partial charge in [0.2, 0.25) is 0 Å². The maximum atomic E-state index is 4.32. The van der Waals surface area contributed by atoms with E-state index in [9.17, 15) is 0 Å². The fourth-order valence-electron chi connectivity index (χ4n) is 0.672. The average molecular weight is 306 g/mol. The van der Waals surface area contributed by atoms with E-state index in [1.807, 2.05) is 6.20 Å². The van der Waals surface area contributed by atoms with E-state index >= 15 is 0 Å². The van der Waals surface area contributed by atoms with Crippen LogP contribution in [0.2, 0.25) is 9.88 Å². The molecule has 0 N–H and O–H groups in total. The molecule has 1 aromatic heterocycles. The number of halogens is 1. The van der Waals surface area contributed by atoms with Gasteiger partial charge in [-0.15, -0.1) is 0 Å². The summed E-state index contributed by atoms with van der Waals surface area (Å²) >= 11 is 2.17. The van der Waals surface area contributed by atoms with Crippen LogP contribution in [0, 0.1) is 0 Å². The Morgan fingerprint density at radius 2 is 2.10 bits per heavy atom. The number of rotatable bonds is 1. The van der Waals surface area contributed by atoms with Crippen molar-refractivity contribution in [1.82, 2.24) is 4.98 Å². The monoisotopic (exact) mass is 306 g/mol. The quantitative estimate of drug-likeness (QED) is 0.721. The van der Waals surface area contributed by atoms with E-state index < -0.39 is 19.8 Å². The van der Waals surface area contributed by atoms with Crippen molar-refractivity contribution < 1.29 is 0 Å². The zero-order valence-electron chi connectivity index (χ0n) is 6.06. The minimum absolute atomic E-state index is 1.07. The number of hydrogen-bond donors (Lipinski definition) is 0. The third kappa shape index (κ3) is 2.23. The fourth-order valence-corrected chi connectivity index (χ4v) is 3.02. The van der Waals surface area contributed by atoms with Crippen LogP contribution >= 0.6 is 15.9 Å². The van der Waals surface area contributed by atoms with Gasteiger partial charge in [0.15, 0.2) is 0 Å².